The topological polar surface area (TPSA) is 83.1 Å². The van der Waals surface area contributed by atoms with Gasteiger partial charge in [-0.25, -0.2) is 13.1 Å². The molecule has 0 aromatic heterocycles. The SMILES string of the molecule is COCCOCCS(=O)(=O)NCc1ccc2c(c1)OCO2. The molecule has 0 spiro atoms. The Balaban J connectivity index is 1.76. The standard InChI is InChI=1S/C13H19NO6S/c1-17-4-5-18-6-7-21(15,16)14-9-11-2-3-12-13(8-11)20-10-19-12/h2-3,8,14H,4-7,9-10H2,1H3. The van der Waals surface area contributed by atoms with E-state index in [1.807, 2.05) is 0 Å². The second-order valence-corrected chi connectivity index (χ2v) is 6.36. The number of hydrogen-bond acceptors (Lipinski definition) is 6. The van der Waals surface area contributed by atoms with Crippen LogP contribution in [0.15, 0.2) is 18.2 Å². The molecule has 8 heteroatoms. The lowest BCUT2D eigenvalue weighted by Gasteiger charge is -2.08. The van der Waals surface area contributed by atoms with Crippen molar-refractivity contribution in [3.05, 3.63) is 23.8 Å². The van der Waals surface area contributed by atoms with Gasteiger partial charge in [0.15, 0.2) is 11.5 Å². The van der Waals surface area contributed by atoms with Crippen LogP contribution in [0.5, 0.6) is 11.5 Å². The maximum atomic E-state index is 11.8. The van der Waals surface area contributed by atoms with Crippen LogP contribution in [0.25, 0.3) is 0 Å². The van der Waals surface area contributed by atoms with E-state index in [2.05, 4.69) is 4.72 Å². The van der Waals surface area contributed by atoms with Crippen LogP contribution in [0.4, 0.5) is 0 Å². The molecule has 0 radical (unpaired) electrons. The highest BCUT2D eigenvalue weighted by molar-refractivity contribution is 7.89. The Bertz CT molecular complexity index is 560. The molecule has 1 aliphatic rings. The van der Waals surface area contributed by atoms with Crippen molar-refractivity contribution in [3.8, 4) is 11.5 Å². The van der Waals surface area contributed by atoms with Crippen molar-refractivity contribution >= 4 is 10.0 Å². The van der Waals surface area contributed by atoms with Crippen LogP contribution >= 0.6 is 0 Å². The van der Waals surface area contributed by atoms with Gasteiger partial charge in [0.25, 0.3) is 0 Å². The highest BCUT2D eigenvalue weighted by Crippen LogP contribution is 2.32. The minimum Gasteiger partial charge on any atom is -0.454 e. The smallest absolute Gasteiger partial charge is 0.231 e. The molecule has 7 nitrogen and oxygen atoms in total. The normalized spacial score (nSPS) is 13.6. The first kappa shape index (κ1) is 16.0. The van der Waals surface area contributed by atoms with Crippen LogP contribution < -0.4 is 14.2 Å². The average Bonchev–Trinajstić information content (AvgIpc) is 2.92. The Hall–Kier alpha value is -1.35. The van der Waals surface area contributed by atoms with Gasteiger partial charge >= 0.3 is 0 Å². The Morgan fingerprint density at radius 1 is 1.19 bits per heavy atom. The third kappa shape index (κ3) is 5.16. The van der Waals surface area contributed by atoms with Gasteiger partial charge < -0.3 is 18.9 Å². The number of benzene rings is 1. The quantitative estimate of drug-likeness (QED) is 0.668. The lowest BCUT2D eigenvalue weighted by Crippen LogP contribution is -2.28. The second-order valence-electron chi connectivity index (χ2n) is 4.43. The molecular formula is C13H19NO6S. The maximum Gasteiger partial charge on any atom is 0.231 e. The van der Waals surface area contributed by atoms with Crippen LogP contribution in [0.3, 0.4) is 0 Å². The van der Waals surface area contributed by atoms with Crippen LogP contribution in [-0.2, 0) is 26.0 Å². The number of ether oxygens (including phenoxy) is 4. The van der Waals surface area contributed by atoms with Crippen molar-refractivity contribution in [1.29, 1.82) is 0 Å². The Labute approximate surface area is 124 Å². The molecular weight excluding hydrogens is 298 g/mol. The van der Waals surface area contributed by atoms with Gasteiger partial charge in [0.1, 0.15) is 0 Å². The molecule has 0 amide bonds. The van der Waals surface area contributed by atoms with Crippen LogP contribution in [0.2, 0.25) is 0 Å². The van der Waals surface area contributed by atoms with Crippen molar-refractivity contribution in [2.45, 2.75) is 6.54 Å². The molecule has 0 atom stereocenters. The number of sulfonamides is 1. The van der Waals surface area contributed by atoms with Gasteiger partial charge in [-0.1, -0.05) is 6.07 Å². The van der Waals surface area contributed by atoms with E-state index in [4.69, 9.17) is 18.9 Å². The summed E-state index contributed by atoms with van der Waals surface area (Å²) in [5.41, 5.74) is 0.808. The number of hydrogen-bond donors (Lipinski definition) is 1. The van der Waals surface area contributed by atoms with Gasteiger partial charge in [-0.05, 0) is 17.7 Å². The minimum absolute atomic E-state index is 0.0821. The summed E-state index contributed by atoms with van der Waals surface area (Å²) in [5.74, 6) is 1.23. The van der Waals surface area contributed by atoms with Crippen molar-refractivity contribution in [2.75, 3.05) is 39.5 Å². The number of rotatable bonds is 9. The largest absolute Gasteiger partial charge is 0.454 e. The molecule has 2 rings (SSSR count). The number of methoxy groups -OCH3 is 1. The molecule has 1 aliphatic heterocycles. The molecule has 0 aliphatic carbocycles. The molecule has 1 aromatic carbocycles. The first-order valence-corrected chi connectivity index (χ1v) is 8.18. The first-order valence-electron chi connectivity index (χ1n) is 6.53. The number of fused-ring (bicyclic) bond motifs is 1. The summed E-state index contributed by atoms with van der Waals surface area (Å²) in [5, 5.41) is 0. The fraction of sp³-hybridized carbons (Fsp3) is 0.538. The Morgan fingerprint density at radius 2 is 2.00 bits per heavy atom. The summed E-state index contributed by atoms with van der Waals surface area (Å²) in [6, 6.07) is 5.32. The van der Waals surface area contributed by atoms with E-state index in [1.54, 1.807) is 25.3 Å². The average molecular weight is 317 g/mol. The van der Waals surface area contributed by atoms with E-state index < -0.39 is 10.0 Å². The first-order chi connectivity index (χ1) is 10.1. The molecule has 0 saturated heterocycles. The van der Waals surface area contributed by atoms with Crippen molar-refractivity contribution < 1.29 is 27.4 Å². The molecule has 1 heterocycles. The van der Waals surface area contributed by atoms with Gasteiger partial charge in [-0.15, -0.1) is 0 Å². The zero-order chi connectivity index (χ0) is 15.1. The molecule has 0 bridgehead atoms. The molecule has 21 heavy (non-hydrogen) atoms. The minimum atomic E-state index is -3.37. The summed E-state index contributed by atoms with van der Waals surface area (Å²) in [4.78, 5) is 0. The summed E-state index contributed by atoms with van der Waals surface area (Å²) in [6.45, 7) is 1.37. The highest BCUT2D eigenvalue weighted by Gasteiger charge is 2.14. The lowest BCUT2D eigenvalue weighted by molar-refractivity contribution is 0.0784. The second kappa shape index (κ2) is 7.60. The fourth-order valence-electron chi connectivity index (χ4n) is 1.73. The zero-order valence-corrected chi connectivity index (χ0v) is 12.6. The van der Waals surface area contributed by atoms with E-state index in [9.17, 15) is 8.42 Å². The summed E-state index contributed by atoms with van der Waals surface area (Å²) < 4.78 is 46.5. The van der Waals surface area contributed by atoms with Crippen LogP contribution in [0.1, 0.15) is 5.56 Å². The highest BCUT2D eigenvalue weighted by atomic mass is 32.2. The molecule has 1 aromatic rings. The van der Waals surface area contributed by atoms with Crippen molar-refractivity contribution in [2.24, 2.45) is 0 Å². The maximum absolute atomic E-state index is 11.8. The monoisotopic (exact) mass is 317 g/mol. The van der Waals surface area contributed by atoms with E-state index in [0.29, 0.717) is 24.7 Å². The van der Waals surface area contributed by atoms with Gasteiger partial charge in [-0.2, -0.15) is 0 Å². The molecule has 0 unspecified atom stereocenters. The van der Waals surface area contributed by atoms with Crippen LogP contribution in [-0.4, -0.2) is 47.9 Å². The number of nitrogens with one attached hydrogen (secondary N) is 1. The fourth-order valence-corrected chi connectivity index (χ4v) is 2.60. The van der Waals surface area contributed by atoms with E-state index in [-0.39, 0.29) is 25.7 Å². The summed E-state index contributed by atoms with van der Waals surface area (Å²) >= 11 is 0. The third-order valence-electron chi connectivity index (χ3n) is 2.86. The van der Waals surface area contributed by atoms with Gasteiger partial charge in [-0.3, -0.25) is 0 Å². The van der Waals surface area contributed by atoms with E-state index in [0.717, 1.165) is 5.56 Å². The lowest BCUT2D eigenvalue weighted by atomic mass is 10.2. The third-order valence-corrected chi connectivity index (χ3v) is 4.15. The van der Waals surface area contributed by atoms with Crippen molar-refractivity contribution in [3.63, 3.8) is 0 Å². The molecule has 1 N–H and O–H groups in total. The van der Waals surface area contributed by atoms with E-state index in [1.165, 1.54) is 0 Å². The summed E-state index contributed by atoms with van der Waals surface area (Å²) in [7, 11) is -1.81. The zero-order valence-electron chi connectivity index (χ0n) is 11.8. The summed E-state index contributed by atoms with van der Waals surface area (Å²) in [6.07, 6.45) is 0. The van der Waals surface area contributed by atoms with E-state index >= 15 is 0 Å². The van der Waals surface area contributed by atoms with Gasteiger partial charge in [0, 0.05) is 13.7 Å². The Morgan fingerprint density at radius 3 is 2.81 bits per heavy atom. The Kier molecular flexibility index (Phi) is 5.80. The predicted octanol–water partition coefficient (Wildman–Crippen LogP) is 0.498. The van der Waals surface area contributed by atoms with Gasteiger partial charge in [0.05, 0.1) is 25.6 Å². The van der Waals surface area contributed by atoms with Crippen LogP contribution in [0, 0.1) is 0 Å². The van der Waals surface area contributed by atoms with Crippen molar-refractivity contribution in [1.82, 2.24) is 4.72 Å². The molecule has 0 fully saturated rings. The molecule has 118 valence electrons. The van der Waals surface area contributed by atoms with Gasteiger partial charge in [0.2, 0.25) is 16.8 Å². The predicted molar refractivity (Wildman–Crippen MR) is 75.9 cm³/mol. The molecule has 0 saturated carbocycles.